The summed E-state index contributed by atoms with van der Waals surface area (Å²) in [4.78, 5) is 10.6. The molecule has 0 spiro atoms. The van der Waals surface area contributed by atoms with Crippen LogP contribution in [-0.4, -0.2) is 10.0 Å². The molecule has 0 fully saturated rings. The standard InChI is InChI=1S/C17H13N3O3S/c21-17-15-4-2-1-3-14(15)11(9-16(17)24)10-18-19-12-5-7-13(8-6-12)20(22)23/h1-9,21,24H,10H2. The second-order valence-corrected chi connectivity index (χ2v) is 5.60. The van der Waals surface area contributed by atoms with Crippen molar-refractivity contribution in [3.05, 3.63) is 70.3 Å². The lowest BCUT2D eigenvalue weighted by Crippen LogP contribution is -1.87. The van der Waals surface area contributed by atoms with Crippen LogP contribution in [0.2, 0.25) is 0 Å². The minimum atomic E-state index is -0.461. The third-order valence-corrected chi connectivity index (χ3v) is 3.91. The fourth-order valence-corrected chi connectivity index (χ4v) is 2.66. The zero-order valence-corrected chi connectivity index (χ0v) is 13.4. The van der Waals surface area contributed by atoms with E-state index in [-0.39, 0.29) is 11.4 Å². The fourth-order valence-electron chi connectivity index (χ4n) is 2.38. The first-order valence-corrected chi connectivity index (χ1v) is 7.55. The molecule has 0 atom stereocenters. The summed E-state index contributed by atoms with van der Waals surface area (Å²) < 4.78 is 0. The Morgan fingerprint density at radius 1 is 1.08 bits per heavy atom. The van der Waals surface area contributed by atoms with Crippen LogP contribution in [0.4, 0.5) is 11.4 Å². The number of azo groups is 1. The number of non-ortho nitro benzene ring substituents is 1. The van der Waals surface area contributed by atoms with Crippen LogP contribution in [0.3, 0.4) is 0 Å². The Bertz CT molecular complexity index is 940. The molecular weight excluding hydrogens is 326 g/mol. The monoisotopic (exact) mass is 339 g/mol. The van der Waals surface area contributed by atoms with Crippen molar-refractivity contribution in [2.75, 3.05) is 0 Å². The average Bonchev–Trinajstić information content (AvgIpc) is 2.59. The summed E-state index contributed by atoms with van der Waals surface area (Å²) in [7, 11) is 0. The van der Waals surface area contributed by atoms with E-state index in [1.807, 2.05) is 24.3 Å². The van der Waals surface area contributed by atoms with Gasteiger partial charge in [0.1, 0.15) is 5.75 Å². The number of fused-ring (bicyclic) bond motifs is 1. The highest BCUT2D eigenvalue weighted by Gasteiger charge is 2.08. The lowest BCUT2D eigenvalue weighted by Gasteiger charge is -2.08. The molecule has 0 heterocycles. The fraction of sp³-hybridized carbons (Fsp3) is 0.0588. The van der Waals surface area contributed by atoms with Crippen molar-refractivity contribution in [3.8, 4) is 5.75 Å². The number of nitro benzene ring substituents is 1. The van der Waals surface area contributed by atoms with Gasteiger partial charge in [0.15, 0.2) is 0 Å². The van der Waals surface area contributed by atoms with Gasteiger partial charge in [-0.2, -0.15) is 10.2 Å². The summed E-state index contributed by atoms with van der Waals surface area (Å²) in [5.41, 5.74) is 1.44. The molecule has 3 aromatic carbocycles. The van der Waals surface area contributed by atoms with E-state index >= 15 is 0 Å². The maximum atomic E-state index is 10.6. The van der Waals surface area contributed by atoms with Crippen LogP contribution in [0.1, 0.15) is 5.56 Å². The average molecular weight is 339 g/mol. The molecular formula is C17H13N3O3S. The molecule has 0 aliphatic carbocycles. The highest BCUT2D eigenvalue weighted by atomic mass is 32.1. The van der Waals surface area contributed by atoms with Crippen molar-refractivity contribution in [2.24, 2.45) is 10.2 Å². The third kappa shape index (κ3) is 3.21. The van der Waals surface area contributed by atoms with E-state index in [9.17, 15) is 15.2 Å². The summed E-state index contributed by atoms with van der Waals surface area (Å²) >= 11 is 4.28. The zero-order valence-electron chi connectivity index (χ0n) is 12.5. The summed E-state index contributed by atoms with van der Waals surface area (Å²) in [5.74, 6) is 0.144. The van der Waals surface area contributed by atoms with E-state index in [2.05, 4.69) is 22.9 Å². The number of aromatic hydroxyl groups is 1. The minimum absolute atomic E-state index is 0.0122. The predicted molar refractivity (Wildman–Crippen MR) is 94.2 cm³/mol. The smallest absolute Gasteiger partial charge is 0.269 e. The molecule has 3 aromatic rings. The first-order valence-electron chi connectivity index (χ1n) is 7.11. The Hall–Kier alpha value is -2.93. The molecule has 0 aliphatic heterocycles. The van der Waals surface area contributed by atoms with Gasteiger partial charge < -0.3 is 5.11 Å². The van der Waals surface area contributed by atoms with Crippen LogP contribution in [0.25, 0.3) is 10.8 Å². The molecule has 7 heteroatoms. The number of thiol groups is 1. The number of nitrogens with zero attached hydrogens (tertiary/aromatic N) is 3. The number of nitro groups is 1. The topological polar surface area (TPSA) is 88.1 Å². The molecule has 1 N–H and O–H groups in total. The van der Waals surface area contributed by atoms with Gasteiger partial charge in [-0.15, -0.1) is 12.6 Å². The summed E-state index contributed by atoms with van der Waals surface area (Å²) in [6.45, 7) is 0.311. The van der Waals surface area contributed by atoms with Crippen molar-refractivity contribution >= 4 is 34.8 Å². The van der Waals surface area contributed by atoms with Gasteiger partial charge in [0.25, 0.3) is 5.69 Å². The van der Waals surface area contributed by atoms with Crippen LogP contribution in [-0.2, 0) is 6.54 Å². The molecule has 6 nitrogen and oxygen atoms in total. The second kappa shape index (κ2) is 6.67. The molecule has 0 saturated heterocycles. The lowest BCUT2D eigenvalue weighted by molar-refractivity contribution is -0.384. The number of hydrogen-bond donors (Lipinski definition) is 2. The largest absolute Gasteiger partial charge is 0.506 e. The molecule has 0 bridgehead atoms. The maximum absolute atomic E-state index is 10.6. The Kier molecular flexibility index (Phi) is 4.43. The molecule has 0 aromatic heterocycles. The summed E-state index contributed by atoms with van der Waals surface area (Å²) in [5, 5.41) is 30.5. The van der Waals surface area contributed by atoms with Crippen molar-refractivity contribution in [2.45, 2.75) is 11.4 Å². The molecule has 120 valence electrons. The molecule has 0 amide bonds. The van der Waals surface area contributed by atoms with Gasteiger partial charge >= 0.3 is 0 Å². The van der Waals surface area contributed by atoms with E-state index in [0.717, 1.165) is 10.9 Å². The Labute approximate surface area is 143 Å². The Balaban J connectivity index is 1.85. The maximum Gasteiger partial charge on any atom is 0.269 e. The minimum Gasteiger partial charge on any atom is -0.506 e. The lowest BCUT2D eigenvalue weighted by atomic mass is 10.0. The van der Waals surface area contributed by atoms with Crippen LogP contribution in [0.15, 0.2) is 69.7 Å². The quantitative estimate of drug-likeness (QED) is 0.302. The van der Waals surface area contributed by atoms with Crippen molar-refractivity contribution in [3.63, 3.8) is 0 Å². The summed E-state index contributed by atoms with van der Waals surface area (Å²) in [6, 6.07) is 15.1. The van der Waals surface area contributed by atoms with Crippen LogP contribution < -0.4 is 0 Å². The Morgan fingerprint density at radius 2 is 1.75 bits per heavy atom. The highest BCUT2D eigenvalue weighted by molar-refractivity contribution is 7.80. The van der Waals surface area contributed by atoms with Crippen molar-refractivity contribution < 1.29 is 10.0 Å². The van der Waals surface area contributed by atoms with Crippen LogP contribution >= 0.6 is 12.6 Å². The molecule has 0 aliphatic rings. The number of rotatable bonds is 4. The van der Waals surface area contributed by atoms with E-state index in [1.54, 1.807) is 18.2 Å². The first kappa shape index (κ1) is 15.9. The van der Waals surface area contributed by atoms with Crippen molar-refractivity contribution in [1.29, 1.82) is 0 Å². The van der Waals surface area contributed by atoms with E-state index in [4.69, 9.17) is 0 Å². The van der Waals surface area contributed by atoms with Gasteiger partial charge in [-0.25, -0.2) is 0 Å². The molecule has 0 unspecified atom stereocenters. The van der Waals surface area contributed by atoms with E-state index < -0.39 is 4.92 Å². The van der Waals surface area contributed by atoms with Gasteiger partial charge in [-0.05, 0) is 29.1 Å². The molecule has 0 radical (unpaired) electrons. The summed E-state index contributed by atoms with van der Waals surface area (Å²) in [6.07, 6.45) is 0. The van der Waals surface area contributed by atoms with E-state index in [1.165, 1.54) is 12.1 Å². The van der Waals surface area contributed by atoms with Gasteiger partial charge in [-0.3, -0.25) is 10.1 Å². The number of benzene rings is 3. The second-order valence-electron chi connectivity index (χ2n) is 5.12. The van der Waals surface area contributed by atoms with Gasteiger partial charge in [0.2, 0.25) is 0 Å². The predicted octanol–water partition coefficient (Wildman–Crippen LogP) is 5.03. The van der Waals surface area contributed by atoms with Crippen LogP contribution in [0.5, 0.6) is 5.75 Å². The van der Waals surface area contributed by atoms with Gasteiger partial charge in [0, 0.05) is 22.4 Å². The number of phenolic OH excluding ortho intramolecular Hbond substituents is 1. The number of hydrogen-bond acceptors (Lipinski definition) is 6. The normalized spacial score (nSPS) is 11.2. The molecule has 0 saturated carbocycles. The van der Waals surface area contributed by atoms with Crippen molar-refractivity contribution in [1.82, 2.24) is 0 Å². The molecule has 24 heavy (non-hydrogen) atoms. The third-order valence-electron chi connectivity index (χ3n) is 3.57. The first-order chi connectivity index (χ1) is 11.6. The highest BCUT2D eigenvalue weighted by Crippen LogP contribution is 2.34. The zero-order chi connectivity index (χ0) is 17.1. The SMILES string of the molecule is O=[N+]([O-])c1ccc(N=NCc2cc(S)c(O)c3ccccc23)cc1. The number of phenols is 1. The van der Waals surface area contributed by atoms with Crippen LogP contribution in [0, 0.1) is 10.1 Å². The van der Waals surface area contributed by atoms with Gasteiger partial charge in [0.05, 0.1) is 17.2 Å². The Morgan fingerprint density at radius 3 is 2.42 bits per heavy atom. The molecule has 3 rings (SSSR count). The van der Waals surface area contributed by atoms with Gasteiger partial charge in [-0.1, -0.05) is 24.3 Å². The van der Waals surface area contributed by atoms with E-state index in [0.29, 0.717) is 22.5 Å².